The molecule has 0 aliphatic heterocycles. The molecule has 1 aromatic carbocycles. The van der Waals surface area contributed by atoms with Gasteiger partial charge in [0.2, 0.25) is 0 Å². The standard InChI is InChI=1S/C14H17NS/c1-3-5-11-6-4-7-13(10(11)2)14-8-12(16)9-15-14/h4,6-9,15-16H,3,5H2,1-2H3. The van der Waals surface area contributed by atoms with Crippen molar-refractivity contribution in [2.45, 2.75) is 31.6 Å². The molecule has 2 heteroatoms. The number of aryl methyl sites for hydroxylation is 1. The minimum Gasteiger partial charge on any atom is -0.360 e. The van der Waals surface area contributed by atoms with Crippen molar-refractivity contribution in [1.29, 1.82) is 0 Å². The van der Waals surface area contributed by atoms with Crippen LogP contribution < -0.4 is 0 Å². The van der Waals surface area contributed by atoms with E-state index in [0.29, 0.717) is 0 Å². The molecule has 1 aromatic heterocycles. The molecule has 0 saturated carbocycles. The lowest BCUT2D eigenvalue weighted by atomic mass is 9.97. The van der Waals surface area contributed by atoms with Gasteiger partial charge >= 0.3 is 0 Å². The van der Waals surface area contributed by atoms with Gasteiger partial charge in [0.25, 0.3) is 0 Å². The van der Waals surface area contributed by atoms with Gasteiger partial charge in [-0.05, 0) is 30.5 Å². The third-order valence-electron chi connectivity index (χ3n) is 2.92. The van der Waals surface area contributed by atoms with Crippen LogP contribution in [0, 0.1) is 6.92 Å². The molecule has 0 spiro atoms. The predicted octanol–water partition coefficient (Wildman–Crippen LogP) is 4.23. The van der Waals surface area contributed by atoms with Crippen LogP contribution in [-0.2, 0) is 6.42 Å². The van der Waals surface area contributed by atoms with Gasteiger partial charge < -0.3 is 4.98 Å². The molecule has 0 radical (unpaired) electrons. The van der Waals surface area contributed by atoms with Crippen molar-refractivity contribution >= 4 is 12.6 Å². The van der Waals surface area contributed by atoms with Gasteiger partial charge in [-0.25, -0.2) is 0 Å². The largest absolute Gasteiger partial charge is 0.360 e. The van der Waals surface area contributed by atoms with Gasteiger partial charge in [0.05, 0.1) is 0 Å². The Hall–Kier alpha value is -1.15. The Balaban J connectivity index is 2.45. The molecular formula is C14H17NS. The summed E-state index contributed by atoms with van der Waals surface area (Å²) in [5.74, 6) is 0. The summed E-state index contributed by atoms with van der Waals surface area (Å²) in [7, 11) is 0. The van der Waals surface area contributed by atoms with Crippen LogP contribution >= 0.6 is 12.6 Å². The quantitative estimate of drug-likeness (QED) is 0.735. The molecule has 0 aliphatic carbocycles. The molecule has 2 aromatic rings. The van der Waals surface area contributed by atoms with E-state index in [1.165, 1.54) is 23.1 Å². The zero-order valence-electron chi connectivity index (χ0n) is 9.75. The Bertz CT molecular complexity index is 485. The van der Waals surface area contributed by atoms with Crippen LogP contribution in [0.5, 0.6) is 0 Å². The van der Waals surface area contributed by atoms with Crippen LogP contribution in [0.3, 0.4) is 0 Å². The van der Waals surface area contributed by atoms with E-state index in [1.54, 1.807) is 0 Å². The zero-order valence-corrected chi connectivity index (χ0v) is 10.6. The molecule has 84 valence electrons. The van der Waals surface area contributed by atoms with Gasteiger partial charge in [0, 0.05) is 22.3 Å². The van der Waals surface area contributed by atoms with Crippen LogP contribution in [0.4, 0.5) is 0 Å². The summed E-state index contributed by atoms with van der Waals surface area (Å²) < 4.78 is 0. The molecule has 0 fully saturated rings. The maximum absolute atomic E-state index is 4.33. The average Bonchev–Trinajstić information content (AvgIpc) is 2.68. The fraction of sp³-hybridized carbons (Fsp3) is 0.286. The number of rotatable bonds is 3. The summed E-state index contributed by atoms with van der Waals surface area (Å²) >= 11 is 4.33. The summed E-state index contributed by atoms with van der Waals surface area (Å²) in [4.78, 5) is 4.24. The van der Waals surface area contributed by atoms with Crippen LogP contribution in [0.2, 0.25) is 0 Å². The number of benzene rings is 1. The second-order valence-electron chi connectivity index (χ2n) is 4.11. The maximum Gasteiger partial charge on any atom is 0.0468 e. The van der Waals surface area contributed by atoms with Gasteiger partial charge in [0.15, 0.2) is 0 Å². The fourth-order valence-corrected chi connectivity index (χ4v) is 2.25. The van der Waals surface area contributed by atoms with Crippen molar-refractivity contribution in [3.63, 3.8) is 0 Å². The van der Waals surface area contributed by atoms with Crippen molar-refractivity contribution < 1.29 is 0 Å². The highest BCUT2D eigenvalue weighted by atomic mass is 32.1. The van der Waals surface area contributed by atoms with E-state index in [-0.39, 0.29) is 0 Å². The Labute approximate surface area is 102 Å². The van der Waals surface area contributed by atoms with Gasteiger partial charge in [0.1, 0.15) is 0 Å². The Morgan fingerprint density at radius 1 is 1.31 bits per heavy atom. The summed E-state index contributed by atoms with van der Waals surface area (Å²) in [6.45, 7) is 4.41. The van der Waals surface area contributed by atoms with E-state index >= 15 is 0 Å². The van der Waals surface area contributed by atoms with E-state index in [4.69, 9.17) is 0 Å². The molecule has 0 unspecified atom stereocenters. The molecule has 1 heterocycles. The molecule has 1 nitrogen and oxygen atoms in total. The van der Waals surface area contributed by atoms with Gasteiger partial charge in [-0.1, -0.05) is 31.5 Å². The monoisotopic (exact) mass is 231 g/mol. The van der Waals surface area contributed by atoms with Gasteiger partial charge in [-0.15, -0.1) is 12.6 Å². The lowest BCUT2D eigenvalue weighted by molar-refractivity contribution is 0.913. The molecule has 0 bridgehead atoms. The highest BCUT2D eigenvalue weighted by molar-refractivity contribution is 7.80. The molecule has 0 saturated heterocycles. The second-order valence-corrected chi connectivity index (χ2v) is 4.63. The number of hydrogen-bond donors (Lipinski definition) is 2. The molecule has 16 heavy (non-hydrogen) atoms. The molecule has 0 atom stereocenters. The topological polar surface area (TPSA) is 15.8 Å². The van der Waals surface area contributed by atoms with Crippen LogP contribution in [-0.4, -0.2) is 4.98 Å². The molecule has 1 N–H and O–H groups in total. The number of aromatic nitrogens is 1. The third-order valence-corrected chi connectivity index (χ3v) is 3.18. The molecular weight excluding hydrogens is 214 g/mol. The van der Waals surface area contributed by atoms with Gasteiger partial charge in [-0.3, -0.25) is 0 Å². The Morgan fingerprint density at radius 2 is 2.12 bits per heavy atom. The zero-order chi connectivity index (χ0) is 11.5. The van der Waals surface area contributed by atoms with E-state index in [1.807, 2.05) is 6.20 Å². The first-order chi connectivity index (χ1) is 7.72. The highest BCUT2D eigenvalue weighted by Crippen LogP contribution is 2.26. The van der Waals surface area contributed by atoms with E-state index in [0.717, 1.165) is 17.0 Å². The smallest absolute Gasteiger partial charge is 0.0468 e. The lowest BCUT2D eigenvalue weighted by Gasteiger charge is -2.09. The molecule has 0 aliphatic rings. The van der Waals surface area contributed by atoms with Crippen molar-refractivity contribution in [3.8, 4) is 11.3 Å². The fourth-order valence-electron chi connectivity index (χ4n) is 2.05. The highest BCUT2D eigenvalue weighted by Gasteiger charge is 2.06. The lowest BCUT2D eigenvalue weighted by Crippen LogP contribution is -1.91. The van der Waals surface area contributed by atoms with Crippen molar-refractivity contribution in [1.82, 2.24) is 4.98 Å². The number of aromatic amines is 1. The van der Waals surface area contributed by atoms with E-state index in [2.05, 4.69) is 55.7 Å². The minimum atomic E-state index is 0.982. The normalized spacial score (nSPS) is 10.7. The number of nitrogens with one attached hydrogen (secondary N) is 1. The Kier molecular flexibility index (Phi) is 3.39. The number of thiol groups is 1. The van der Waals surface area contributed by atoms with Crippen LogP contribution in [0.25, 0.3) is 11.3 Å². The summed E-state index contributed by atoms with van der Waals surface area (Å²) in [6, 6.07) is 8.58. The summed E-state index contributed by atoms with van der Waals surface area (Å²) in [6.07, 6.45) is 4.26. The molecule has 0 amide bonds. The first-order valence-electron chi connectivity index (χ1n) is 5.68. The first-order valence-corrected chi connectivity index (χ1v) is 6.13. The van der Waals surface area contributed by atoms with Crippen LogP contribution in [0.1, 0.15) is 24.5 Å². The van der Waals surface area contributed by atoms with Gasteiger partial charge in [-0.2, -0.15) is 0 Å². The number of H-pyrrole nitrogens is 1. The average molecular weight is 231 g/mol. The summed E-state index contributed by atoms with van der Waals surface area (Å²) in [5.41, 5.74) is 5.25. The maximum atomic E-state index is 4.33. The molecule has 2 rings (SSSR count). The van der Waals surface area contributed by atoms with Crippen molar-refractivity contribution in [2.75, 3.05) is 0 Å². The SMILES string of the molecule is CCCc1cccc(-c2cc(S)c[nH]2)c1C. The van der Waals surface area contributed by atoms with Crippen molar-refractivity contribution in [2.24, 2.45) is 0 Å². The Morgan fingerprint density at radius 3 is 2.75 bits per heavy atom. The third kappa shape index (κ3) is 2.17. The summed E-state index contributed by atoms with van der Waals surface area (Å²) in [5, 5.41) is 0. The predicted molar refractivity (Wildman–Crippen MR) is 72.2 cm³/mol. The minimum absolute atomic E-state index is 0.982. The van der Waals surface area contributed by atoms with E-state index in [9.17, 15) is 0 Å². The van der Waals surface area contributed by atoms with E-state index < -0.39 is 0 Å². The number of hydrogen-bond acceptors (Lipinski definition) is 1. The second kappa shape index (κ2) is 4.79. The van der Waals surface area contributed by atoms with Crippen molar-refractivity contribution in [3.05, 3.63) is 41.6 Å². The van der Waals surface area contributed by atoms with Crippen LogP contribution in [0.15, 0.2) is 35.4 Å². The first kappa shape index (κ1) is 11.3.